The molecule has 0 radical (unpaired) electrons. The highest BCUT2D eigenvalue weighted by molar-refractivity contribution is 7.10. The van der Waals surface area contributed by atoms with Gasteiger partial charge in [0.05, 0.1) is 6.04 Å². The van der Waals surface area contributed by atoms with Gasteiger partial charge in [-0.2, -0.15) is 0 Å². The van der Waals surface area contributed by atoms with Gasteiger partial charge in [-0.1, -0.05) is 6.07 Å². The number of hydrogen-bond donors (Lipinski definition) is 1. The first-order chi connectivity index (χ1) is 7.33. The number of amides is 1. The van der Waals surface area contributed by atoms with Crippen LogP contribution < -0.4 is 5.73 Å². The van der Waals surface area contributed by atoms with Crippen molar-refractivity contribution in [1.29, 1.82) is 0 Å². The molecule has 16 heavy (non-hydrogen) atoms. The van der Waals surface area contributed by atoms with Crippen molar-refractivity contribution in [3.05, 3.63) is 22.4 Å². The van der Waals surface area contributed by atoms with Gasteiger partial charge in [-0.15, -0.1) is 23.7 Å². The summed E-state index contributed by atoms with van der Waals surface area (Å²) in [6.07, 6.45) is 2.68. The fraction of sp³-hybridized carbons (Fsp3) is 0.545. The highest BCUT2D eigenvalue weighted by atomic mass is 35.5. The Balaban J connectivity index is 0.00000128. The SMILES string of the molecule is Cl.NCCC(=O)N1CCCC1c1cccs1. The van der Waals surface area contributed by atoms with E-state index in [4.69, 9.17) is 5.73 Å². The van der Waals surface area contributed by atoms with E-state index in [1.165, 1.54) is 4.88 Å². The average molecular weight is 261 g/mol. The molecular formula is C11H17ClN2OS. The minimum atomic E-state index is 0. The smallest absolute Gasteiger partial charge is 0.224 e. The second-order valence-electron chi connectivity index (χ2n) is 3.80. The van der Waals surface area contributed by atoms with Gasteiger partial charge in [-0.05, 0) is 24.3 Å². The highest BCUT2D eigenvalue weighted by Crippen LogP contribution is 2.34. The first kappa shape index (κ1) is 13.5. The van der Waals surface area contributed by atoms with Crippen molar-refractivity contribution in [3.8, 4) is 0 Å². The molecule has 0 bridgehead atoms. The molecule has 1 aromatic rings. The molecule has 2 N–H and O–H groups in total. The molecule has 0 aliphatic carbocycles. The van der Waals surface area contributed by atoms with Crippen LogP contribution in [0.2, 0.25) is 0 Å². The van der Waals surface area contributed by atoms with Gasteiger partial charge in [0.15, 0.2) is 0 Å². The van der Waals surface area contributed by atoms with Gasteiger partial charge in [0.2, 0.25) is 5.91 Å². The Morgan fingerprint density at radius 1 is 1.62 bits per heavy atom. The highest BCUT2D eigenvalue weighted by Gasteiger charge is 2.29. The molecule has 0 aromatic carbocycles. The molecule has 1 saturated heterocycles. The van der Waals surface area contributed by atoms with Crippen LogP contribution in [0.1, 0.15) is 30.2 Å². The third-order valence-electron chi connectivity index (χ3n) is 2.80. The topological polar surface area (TPSA) is 46.3 Å². The Bertz CT molecular complexity index is 329. The molecule has 2 heterocycles. The van der Waals surface area contributed by atoms with Gasteiger partial charge >= 0.3 is 0 Å². The number of nitrogens with zero attached hydrogens (tertiary/aromatic N) is 1. The molecule has 90 valence electrons. The van der Waals surface area contributed by atoms with Gasteiger partial charge in [0.1, 0.15) is 0 Å². The number of carbonyl (C=O) groups excluding carboxylic acids is 1. The lowest BCUT2D eigenvalue weighted by Crippen LogP contribution is -2.31. The van der Waals surface area contributed by atoms with E-state index in [-0.39, 0.29) is 18.3 Å². The zero-order valence-electron chi connectivity index (χ0n) is 9.09. The van der Waals surface area contributed by atoms with Gasteiger partial charge in [-0.3, -0.25) is 4.79 Å². The van der Waals surface area contributed by atoms with E-state index in [0.29, 0.717) is 19.0 Å². The fourth-order valence-corrected chi connectivity index (χ4v) is 2.98. The van der Waals surface area contributed by atoms with Crippen molar-refractivity contribution >= 4 is 29.7 Å². The van der Waals surface area contributed by atoms with Crippen LogP contribution >= 0.6 is 23.7 Å². The molecule has 0 spiro atoms. The van der Waals surface area contributed by atoms with E-state index in [9.17, 15) is 4.79 Å². The van der Waals surface area contributed by atoms with Gasteiger partial charge in [0.25, 0.3) is 0 Å². The molecule has 1 aliphatic heterocycles. The van der Waals surface area contributed by atoms with Gasteiger partial charge < -0.3 is 10.6 Å². The van der Waals surface area contributed by atoms with Crippen LogP contribution in [0.15, 0.2) is 17.5 Å². The number of hydrogen-bond acceptors (Lipinski definition) is 3. The van der Waals surface area contributed by atoms with Crippen molar-refractivity contribution < 1.29 is 4.79 Å². The number of carbonyl (C=O) groups is 1. The van der Waals surface area contributed by atoms with Gasteiger partial charge in [0, 0.05) is 24.4 Å². The van der Waals surface area contributed by atoms with Crippen molar-refractivity contribution in [2.24, 2.45) is 5.73 Å². The molecule has 3 nitrogen and oxygen atoms in total. The van der Waals surface area contributed by atoms with Crippen molar-refractivity contribution in [3.63, 3.8) is 0 Å². The van der Waals surface area contributed by atoms with Gasteiger partial charge in [-0.25, -0.2) is 0 Å². The van der Waals surface area contributed by atoms with E-state index >= 15 is 0 Å². The van der Waals surface area contributed by atoms with Crippen molar-refractivity contribution in [1.82, 2.24) is 4.90 Å². The predicted octanol–water partition coefficient (Wildman–Crippen LogP) is 2.18. The summed E-state index contributed by atoms with van der Waals surface area (Å²) in [7, 11) is 0. The van der Waals surface area contributed by atoms with Crippen LogP contribution in [-0.2, 0) is 4.79 Å². The summed E-state index contributed by atoms with van der Waals surface area (Å²) >= 11 is 1.73. The third-order valence-corrected chi connectivity index (χ3v) is 3.78. The largest absolute Gasteiger partial charge is 0.335 e. The Kier molecular flexibility index (Phi) is 5.25. The number of nitrogens with two attached hydrogens (primary N) is 1. The fourth-order valence-electron chi connectivity index (χ4n) is 2.11. The van der Waals surface area contributed by atoms with Crippen LogP contribution in [0, 0.1) is 0 Å². The predicted molar refractivity (Wildman–Crippen MR) is 68.9 cm³/mol. The lowest BCUT2D eigenvalue weighted by Gasteiger charge is -2.23. The molecule has 1 amide bonds. The Morgan fingerprint density at radius 3 is 3.06 bits per heavy atom. The van der Waals surface area contributed by atoms with E-state index in [1.807, 2.05) is 11.0 Å². The monoisotopic (exact) mass is 260 g/mol. The minimum absolute atomic E-state index is 0. The molecule has 2 rings (SSSR count). The molecule has 1 aromatic heterocycles. The standard InChI is InChI=1S/C11H16N2OS.ClH/c12-6-5-11(14)13-7-1-3-9(13)10-4-2-8-15-10;/h2,4,8-9H,1,3,5-7,12H2;1H. The number of likely N-dealkylation sites (tertiary alicyclic amines) is 1. The Labute approximate surface area is 106 Å². The lowest BCUT2D eigenvalue weighted by molar-refractivity contribution is -0.131. The maximum absolute atomic E-state index is 11.8. The summed E-state index contributed by atoms with van der Waals surface area (Å²) in [5.41, 5.74) is 5.42. The first-order valence-corrected chi connectivity index (χ1v) is 6.24. The van der Waals surface area contributed by atoms with Crippen molar-refractivity contribution in [2.45, 2.75) is 25.3 Å². The van der Waals surface area contributed by atoms with Crippen molar-refractivity contribution in [2.75, 3.05) is 13.1 Å². The second kappa shape index (κ2) is 6.23. The van der Waals surface area contributed by atoms with E-state index in [1.54, 1.807) is 11.3 Å². The average Bonchev–Trinajstić information content (AvgIpc) is 2.88. The number of thiophene rings is 1. The van der Waals surface area contributed by atoms with Crippen LogP contribution in [-0.4, -0.2) is 23.9 Å². The summed E-state index contributed by atoms with van der Waals surface area (Å²) in [6, 6.07) is 4.47. The molecule has 1 atom stereocenters. The van der Waals surface area contributed by atoms with Crippen LogP contribution in [0.25, 0.3) is 0 Å². The molecule has 1 fully saturated rings. The quantitative estimate of drug-likeness (QED) is 0.906. The van der Waals surface area contributed by atoms with Crippen LogP contribution in [0.3, 0.4) is 0 Å². The van der Waals surface area contributed by atoms with E-state index in [0.717, 1.165) is 19.4 Å². The van der Waals surface area contributed by atoms with E-state index in [2.05, 4.69) is 11.4 Å². The second-order valence-corrected chi connectivity index (χ2v) is 4.78. The zero-order chi connectivity index (χ0) is 10.7. The lowest BCUT2D eigenvalue weighted by atomic mass is 10.2. The molecule has 0 saturated carbocycles. The summed E-state index contributed by atoms with van der Waals surface area (Å²) in [6.45, 7) is 1.34. The van der Waals surface area contributed by atoms with Crippen LogP contribution in [0.4, 0.5) is 0 Å². The minimum Gasteiger partial charge on any atom is -0.335 e. The maximum atomic E-state index is 11.8. The molecular weight excluding hydrogens is 244 g/mol. The van der Waals surface area contributed by atoms with E-state index < -0.39 is 0 Å². The molecule has 1 unspecified atom stereocenters. The summed E-state index contributed by atoms with van der Waals surface area (Å²) in [5.74, 6) is 0.202. The summed E-state index contributed by atoms with van der Waals surface area (Å²) in [4.78, 5) is 15.1. The third kappa shape index (κ3) is 2.75. The normalized spacial score (nSPS) is 19.6. The van der Waals surface area contributed by atoms with Crippen LogP contribution in [0.5, 0.6) is 0 Å². The molecule has 1 aliphatic rings. The first-order valence-electron chi connectivity index (χ1n) is 5.36. The molecule has 5 heteroatoms. The summed E-state index contributed by atoms with van der Waals surface area (Å²) in [5, 5.41) is 2.07. The number of rotatable bonds is 3. The Hall–Kier alpha value is -0.580. The zero-order valence-corrected chi connectivity index (χ0v) is 10.7. The summed E-state index contributed by atoms with van der Waals surface area (Å²) < 4.78 is 0. The maximum Gasteiger partial charge on any atom is 0.224 e. The number of halogens is 1. The Morgan fingerprint density at radius 2 is 2.44 bits per heavy atom.